The van der Waals surface area contributed by atoms with Crippen LogP contribution in [-0.4, -0.2) is 18.5 Å². The highest BCUT2D eigenvalue weighted by Gasteiger charge is 2.30. The summed E-state index contributed by atoms with van der Waals surface area (Å²) in [6.45, 7) is 7.43. The quantitative estimate of drug-likeness (QED) is 0.805. The molecule has 0 fully saturated rings. The third-order valence-electron chi connectivity index (χ3n) is 4.77. The van der Waals surface area contributed by atoms with Gasteiger partial charge >= 0.3 is 0 Å². The topological polar surface area (TPSA) is 21.6 Å². The first kappa shape index (κ1) is 15.1. The van der Waals surface area contributed by atoms with E-state index in [1.54, 1.807) is 0 Å². The Morgan fingerprint density at radius 2 is 2.00 bits per heavy atom. The second kappa shape index (κ2) is 6.51. The summed E-state index contributed by atoms with van der Waals surface area (Å²) >= 11 is 0. The first-order valence-electron chi connectivity index (χ1n) is 8.28. The van der Waals surface area contributed by atoms with Crippen LogP contribution in [0.2, 0.25) is 0 Å². The number of ether oxygens (including phenoxy) is 1. The number of benzene rings is 1. The van der Waals surface area contributed by atoms with Crippen molar-refractivity contribution in [1.29, 1.82) is 0 Å². The summed E-state index contributed by atoms with van der Waals surface area (Å²) in [5.74, 6) is 2.35. The second-order valence-electron chi connectivity index (χ2n) is 6.71. The minimum absolute atomic E-state index is 0.307. The fourth-order valence-electron chi connectivity index (χ4n) is 3.14. The van der Waals surface area contributed by atoms with Crippen LogP contribution in [0.25, 0.3) is 0 Å². The maximum Gasteiger partial charge on any atom is 0.212 e. The van der Waals surface area contributed by atoms with Crippen molar-refractivity contribution in [2.45, 2.75) is 33.2 Å². The van der Waals surface area contributed by atoms with Gasteiger partial charge in [0.05, 0.1) is 6.04 Å². The fraction of sp³-hybridized carbons (Fsp3) is 0.450. The normalized spacial score (nSPS) is 27.5. The third kappa shape index (κ3) is 3.16. The zero-order valence-electron chi connectivity index (χ0n) is 13.7. The van der Waals surface area contributed by atoms with Crippen molar-refractivity contribution < 1.29 is 4.74 Å². The third-order valence-corrected chi connectivity index (χ3v) is 4.77. The van der Waals surface area contributed by atoms with Crippen LogP contribution in [0.15, 0.2) is 59.1 Å². The van der Waals surface area contributed by atoms with Crippen LogP contribution in [0.5, 0.6) is 0 Å². The van der Waals surface area contributed by atoms with Crippen LogP contribution >= 0.6 is 0 Å². The van der Waals surface area contributed by atoms with Gasteiger partial charge in [-0.1, -0.05) is 69.3 Å². The molecule has 3 atom stereocenters. The van der Waals surface area contributed by atoms with Gasteiger partial charge in [-0.2, -0.15) is 0 Å². The lowest BCUT2D eigenvalue weighted by atomic mass is 9.80. The molecule has 1 aromatic carbocycles. The molecule has 0 bridgehead atoms. The average Bonchev–Trinajstić information content (AvgIpc) is 3.00. The summed E-state index contributed by atoms with van der Waals surface area (Å²) < 4.78 is 5.88. The van der Waals surface area contributed by atoms with E-state index < -0.39 is 0 Å². The first-order chi connectivity index (χ1) is 10.6. The standard InChI is InChI=1S/C20H25NO/c1-14(2)19-13-22-20(21-19)18-11-7-10-17(15(18)3)12-16-8-5-4-6-9-16/h4-11,14-15,17,19H,12-13H2,1-3H3/t15-,17-,19+/m0/s1. The van der Waals surface area contributed by atoms with Gasteiger partial charge in [-0.3, -0.25) is 0 Å². The van der Waals surface area contributed by atoms with Crippen molar-refractivity contribution >= 4 is 5.90 Å². The zero-order valence-corrected chi connectivity index (χ0v) is 13.7. The molecular weight excluding hydrogens is 270 g/mol. The van der Waals surface area contributed by atoms with Gasteiger partial charge in [0.1, 0.15) is 6.61 Å². The largest absolute Gasteiger partial charge is 0.475 e. The van der Waals surface area contributed by atoms with Crippen LogP contribution in [0, 0.1) is 17.8 Å². The van der Waals surface area contributed by atoms with Gasteiger partial charge in [-0.05, 0) is 29.7 Å². The lowest BCUT2D eigenvalue weighted by molar-refractivity contribution is 0.288. The summed E-state index contributed by atoms with van der Waals surface area (Å²) in [6.07, 6.45) is 7.72. The molecule has 0 amide bonds. The molecule has 1 aromatic rings. The van der Waals surface area contributed by atoms with E-state index >= 15 is 0 Å². The van der Waals surface area contributed by atoms with E-state index in [9.17, 15) is 0 Å². The Morgan fingerprint density at radius 1 is 1.23 bits per heavy atom. The van der Waals surface area contributed by atoms with Crippen molar-refractivity contribution in [3.63, 3.8) is 0 Å². The van der Waals surface area contributed by atoms with Crippen LogP contribution in [0.3, 0.4) is 0 Å². The predicted molar refractivity (Wildman–Crippen MR) is 92.0 cm³/mol. The highest BCUT2D eigenvalue weighted by atomic mass is 16.5. The van der Waals surface area contributed by atoms with Crippen molar-refractivity contribution in [3.8, 4) is 0 Å². The molecule has 2 nitrogen and oxygen atoms in total. The Labute approximate surface area is 133 Å². The van der Waals surface area contributed by atoms with E-state index in [0.717, 1.165) is 18.9 Å². The van der Waals surface area contributed by atoms with Crippen LogP contribution in [0.4, 0.5) is 0 Å². The predicted octanol–water partition coefficient (Wildman–Crippen LogP) is 4.43. The smallest absolute Gasteiger partial charge is 0.212 e. The number of hydrogen-bond donors (Lipinski definition) is 0. The molecule has 116 valence electrons. The Balaban J connectivity index is 1.73. The van der Waals surface area contributed by atoms with Crippen LogP contribution in [-0.2, 0) is 11.2 Å². The van der Waals surface area contributed by atoms with E-state index in [1.807, 2.05) is 0 Å². The molecule has 2 heteroatoms. The number of rotatable bonds is 4. The molecule has 0 saturated carbocycles. The molecule has 0 spiro atoms. The summed E-state index contributed by atoms with van der Waals surface area (Å²) in [5, 5.41) is 0. The minimum atomic E-state index is 0.307. The minimum Gasteiger partial charge on any atom is -0.475 e. The monoisotopic (exact) mass is 295 g/mol. The van der Waals surface area contributed by atoms with Crippen LogP contribution in [0.1, 0.15) is 26.3 Å². The van der Waals surface area contributed by atoms with Crippen molar-refractivity contribution in [3.05, 3.63) is 59.7 Å². The number of allylic oxidation sites excluding steroid dienone is 3. The molecule has 0 unspecified atom stereocenters. The molecule has 2 aliphatic rings. The zero-order chi connectivity index (χ0) is 15.5. The van der Waals surface area contributed by atoms with Crippen molar-refractivity contribution in [1.82, 2.24) is 0 Å². The molecule has 1 aliphatic carbocycles. The lowest BCUT2D eigenvalue weighted by Crippen LogP contribution is -2.22. The molecular formula is C20H25NO. The number of hydrogen-bond acceptors (Lipinski definition) is 2. The molecule has 0 saturated heterocycles. The van der Waals surface area contributed by atoms with Gasteiger partial charge in [-0.25, -0.2) is 4.99 Å². The lowest BCUT2D eigenvalue weighted by Gasteiger charge is -2.26. The van der Waals surface area contributed by atoms with E-state index in [1.165, 1.54) is 11.1 Å². The van der Waals surface area contributed by atoms with Gasteiger partial charge in [0.15, 0.2) is 0 Å². The van der Waals surface area contributed by atoms with E-state index in [-0.39, 0.29) is 0 Å². The van der Waals surface area contributed by atoms with Gasteiger partial charge in [0.25, 0.3) is 0 Å². The SMILES string of the molecule is CC(C)[C@H]1COC(C2=CC=C[C@@H](Cc3ccccc3)[C@@H]2C)=N1. The molecule has 0 N–H and O–H groups in total. The Morgan fingerprint density at radius 3 is 2.68 bits per heavy atom. The Kier molecular flexibility index (Phi) is 4.47. The average molecular weight is 295 g/mol. The van der Waals surface area contributed by atoms with E-state index in [2.05, 4.69) is 69.3 Å². The summed E-state index contributed by atoms with van der Waals surface area (Å²) in [4.78, 5) is 4.80. The van der Waals surface area contributed by atoms with Gasteiger partial charge in [0.2, 0.25) is 5.90 Å². The molecule has 3 rings (SSSR count). The molecule has 0 aromatic heterocycles. The van der Waals surface area contributed by atoms with Gasteiger partial charge in [0, 0.05) is 5.57 Å². The highest BCUT2D eigenvalue weighted by Crippen LogP contribution is 2.32. The maximum atomic E-state index is 5.88. The number of nitrogens with zero attached hydrogens (tertiary/aromatic N) is 1. The molecule has 0 radical (unpaired) electrons. The highest BCUT2D eigenvalue weighted by molar-refractivity contribution is 5.95. The second-order valence-corrected chi connectivity index (χ2v) is 6.71. The fourth-order valence-corrected chi connectivity index (χ4v) is 3.14. The first-order valence-corrected chi connectivity index (χ1v) is 8.28. The van der Waals surface area contributed by atoms with E-state index in [0.29, 0.717) is 23.8 Å². The van der Waals surface area contributed by atoms with Crippen LogP contribution < -0.4 is 0 Å². The maximum absolute atomic E-state index is 5.88. The van der Waals surface area contributed by atoms with E-state index in [4.69, 9.17) is 9.73 Å². The van der Waals surface area contributed by atoms with Gasteiger partial charge < -0.3 is 4.74 Å². The molecule has 1 heterocycles. The number of aliphatic imine (C=N–C) groups is 1. The summed E-state index contributed by atoms with van der Waals surface area (Å²) in [5.41, 5.74) is 2.64. The van der Waals surface area contributed by atoms with Crippen molar-refractivity contribution in [2.75, 3.05) is 6.61 Å². The van der Waals surface area contributed by atoms with Crippen molar-refractivity contribution in [2.24, 2.45) is 22.7 Å². The Bertz CT molecular complexity index is 597. The molecule has 22 heavy (non-hydrogen) atoms. The summed E-state index contributed by atoms with van der Waals surface area (Å²) in [7, 11) is 0. The van der Waals surface area contributed by atoms with Gasteiger partial charge in [-0.15, -0.1) is 0 Å². The molecule has 1 aliphatic heterocycles. The summed E-state index contributed by atoms with van der Waals surface area (Å²) in [6, 6.07) is 11.0. The Hall–Kier alpha value is -1.83.